The number of ether oxygens (including phenoxy) is 1. The third-order valence-corrected chi connectivity index (χ3v) is 4.10. The van der Waals surface area contributed by atoms with Gasteiger partial charge in [0.25, 0.3) is 0 Å². The Morgan fingerprint density at radius 1 is 1.25 bits per heavy atom. The molecule has 20 heavy (non-hydrogen) atoms. The standard InChI is InChI=1S/C15H28N2O3/c1-15(2,3)20-14(19)16-11-8-9-17(10-11)12-6-4-5-7-13(12)18/h11-13,18H,4-10H2,1-3H3,(H,16,19)/t11-,12-,13-/m1/s1. The molecule has 1 saturated heterocycles. The SMILES string of the molecule is CC(C)(C)OC(=O)N[C@@H]1CCN([C@@H]2CCCC[C@H]2O)C1. The topological polar surface area (TPSA) is 61.8 Å². The van der Waals surface area contributed by atoms with Gasteiger partial charge in [0.1, 0.15) is 5.60 Å². The van der Waals surface area contributed by atoms with Gasteiger partial charge in [0.2, 0.25) is 0 Å². The van der Waals surface area contributed by atoms with E-state index in [-0.39, 0.29) is 24.3 Å². The van der Waals surface area contributed by atoms with Crippen LogP contribution in [0.1, 0.15) is 52.9 Å². The van der Waals surface area contributed by atoms with E-state index in [1.54, 1.807) is 0 Å². The summed E-state index contributed by atoms with van der Waals surface area (Å²) in [6, 6.07) is 0.410. The van der Waals surface area contributed by atoms with Crippen molar-refractivity contribution in [3.63, 3.8) is 0 Å². The smallest absolute Gasteiger partial charge is 0.407 e. The molecule has 1 aliphatic carbocycles. The third kappa shape index (κ3) is 4.35. The van der Waals surface area contributed by atoms with Crippen LogP contribution in [-0.4, -0.2) is 53.0 Å². The molecule has 3 atom stereocenters. The Morgan fingerprint density at radius 3 is 2.60 bits per heavy atom. The number of nitrogens with zero attached hydrogens (tertiary/aromatic N) is 1. The van der Waals surface area contributed by atoms with Gasteiger partial charge in [-0.05, 0) is 40.0 Å². The lowest BCUT2D eigenvalue weighted by Gasteiger charge is -2.35. The minimum Gasteiger partial charge on any atom is -0.444 e. The molecule has 0 spiro atoms. The van der Waals surface area contributed by atoms with E-state index in [2.05, 4.69) is 10.2 Å². The van der Waals surface area contributed by atoms with Crippen molar-refractivity contribution in [3.05, 3.63) is 0 Å². The van der Waals surface area contributed by atoms with Crippen molar-refractivity contribution in [2.45, 2.75) is 76.7 Å². The number of aliphatic hydroxyl groups is 1. The summed E-state index contributed by atoms with van der Waals surface area (Å²) < 4.78 is 5.28. The van der Waals surface area contributed by atoms with E-state index < -0.39 is 5.60 Å². The molecule has 5 heteroatoms. The van der Waals surface area contributed by atoms with E-state index in [0.29, 0.717) is 0 Å². The fourth-order valence-corrected chi connectivity index (χ4v) is 3.20. The number of amides is 1. The molecule has 2 rings (SSSR count). The van der Waals surface area contributed by atoms with Gasteiger partial charge in [0.05, 0.1) is 6.10 Å². The number of alkyl carbamates (subject to hydrolysis) is 1. The Morgan fingerprint density at radius 2 is 1.95 bits per heavy atom. The zero-order chi connectivity index (χ0) is 14.8. The van der Waals surface area contributed by atoms with Gasteiger partial charge >= 0.3 is 6.09 Å². The van der Waals surface area contributed by atoms with Gasteiger partial charge < -0.3 is 15.2 Å². The summed E-state index contributed by atoms with van der Waals surface area (Å²) in [7, 11) is 0. The molecule has 1 heterocycles. The summed E-state index contributed by atoms with van der Waals surface area (Å²) in [4.78, 5) is 14.1. The molecule has 0 bridgehead atoms. The molecule has 0 aromatic heterocycles. The number of nitrogens with one attached hydrogen (secondary N) is 1. The van der Waals surface area contributed by atoms with Crippen molar-refractivity contribution < 1.29 is 14.6 Å². The fraction of sp³-hybridized carbons (Fsp3) is 0.933. The van der Waals surface area contributed by atoms with Crippen molar-refractivity contribution in [2.24, 2.45) is 0 Å². The molecule has 2 N–H and O–H groups in total. The van der Waals surface area contributed by atoms with Crippen LogP contribution in [0.3, 0.4) is 0 Å². The first-order chi connectivity index (χ1) is 9.35. The van der Waals surface area contributed by atoms with Gasteiger partial charge in [-0.2, -0.15) is 0 Å². The van der Waals surface area contributed by atoms with Crippen LogP contribution >= 0.6 is 0 Å². The lowest BCUT2D eigenvalue weighted by Crippen LogP contribution is -2.46. The third-order valence-electron chi connectivity index (χ3n) is 4.10. The maximum Gasteiger partial charge on any atom is 0.407 e. The normalized spacial score (nSPS) is 32.1. The predicted molar refractivity (Wildman–Crippen MR) is 77.6 cm³/mol. The molecule has 0 aromatic carbocycles. The lowest BCUT2D eigenvalue weighted by molar-refractivity contribution is 0.0292. The molecule has 2 aliphatic rings. The average molecular weight is 284 g/mol. The summed E-state index contributed by atoms with van der Waals surface area (Å²) in [6.07, 6.45) is 4.69. The molecule has 116 valence electrons. The highest BCUT2D eigenvalue weighted by Crippen LogP contribution is 2.26. The zero-order valence-corrected chi connectivity index (χ0v) is 12.9. The molecule has 0 aromatic rings. The molecule has 1 aliphatic heterocycles. The molecular formula is C15H28N2O3. The number of likely N-dealkylation sites (tertiary alicyclic amines) is 1. The lowest BCUT2D eigenvalue weighted by atomic mass is 9.91. The molecule has 5 nitrogen and oxygen atoms in total. The highest BCUT2D eigenvalue weighted by molar-refractivity contribution is 5.68. The van der Waals surface area contributed by atoms with Crippen LogP contribution in [0.2, 0.25) is 0 Å². The summed E-state index contributed by atoms with van der Waals surface area (Å²) in [6.45, 7) is 7.37. The average Bonchev–Trinajstić information content (AvgIpc) is 2.75. The van der Waals surface area contributed by atoms with Crippen LogP contribution in [0, 0.1) is 0 Å². The van der Waals surface area contributed by atoms with Crippen LogP contribution in [0.4, 0.5) is 4.79 Å². The first kappa shape index (κ1) is 15.6. The van der Waals surface area contributed by atoms with Gasteiger partial charge in [0.15, 0.2) is 0 Å². The number of carbonyl (C=O) groups is 1. The van der Waals surface area contributed by atoms with Crippen LogP contribution < -0.4 is 5.32 Å². The van der Waals surface area contributed by atoms with E-state index in [4.69, 9.17) is 4.74 Å². The van der Waals surface area contributed by atoms with E-state index in [0.717, 1.165) is 38.8 Å². The number of rotatable bonds is 2. The number of hydrogen-bond acceptors (Lipinski definition) is 4. The van der Waals surface area contributed by atoms with Crippen molar-refractivity contribution in [3.8, 4) is 0 Å². The van der Waals surface area contributed by atoms with Crippen molar-refractivity contribution in [1.82, 2.24) is 10.2 Å². The maximum absolute atomic E-state index is 11.8. The second-order valence-electron chi connectivity index (χ2n) is 7.05. The molecule has 0 radical (unpaired) electrons. The quantitative estimate of drug-likeness (QED) is 0.813. The first-order valence-corrected chi connectivity index (χ1v) is 7.77. The zero-order valence-electron chi connectivity index (χ0n) is 12.9. The number of hydrogen-bond donors (Lipinski definition) is 2. The van der Waals surface area contributed by atoms with Crippen molar-refractivity contribution in [2.75, 3.05) is 13.1 Å². The van der Waals surface area contributed by atoms with E-state index in [9.17, 15) is 9.90 Å². The van der Waals surface area contributed by atoms with Crippen molar-refractivity contribution >= 4 is 6.09 Å². The number of carbonyl (C=O) groups excluding carboxylic acids is 1. The summed E-state index contributed by atoms with van der Waals surface area (Å²) in [5.74, 6) is 0. The highest BCUT2D eigenvalue weighted by atomic mass is 16.6. The fourth-order valence-electron chi connectivity index (χ4n) is 3.20. The largest absolute Gasteiger partial charge is 0.444 e. The van der Waals surface area contributed by atoms with E-state index in [1.165, 1.54) is 6.42 Å². The summed E-state index contributed by atoms with van der Waals surface area (Å²) in [5.41, 5.74) is -0.456. The monoisotopic (exact) mass is 284 g/mol. The van der Waals surface area contributed by atoms with Crippen LogP contribution in [-0.2, 0) is 4.74 Å². The second-order valence-corrected chi connectivity index (χ2v) is 7.05. The van der Waals surface area contributed by atoms with Gasteiger partial charge in [-0.25, -0.2) is 4.79 Å². The molecule has 0 unspecified atom stereocenters. The summed E-state index contributed by atoms with van der Waals surface area (Å²) in [5, 5.41) is 13.0. The first-order valence-electron chi connectivity index (χ1n) is 7.77. The maximum atomic E-state index is 11.8. The number of aliphatic hydroxyl groups excluding tert-OH is 1. The van der Waals surface area contributed by atoms with Crippen LogP contribution in [0.5, 0.6) is 0 Å². The highest BCUT2D eigenvalue weighted by Gasteiger charge is 2.34. The van der Waals surface area contributed by atoms with Gasteiger partial charge in [-0.15, -0.1) is 0 Å². The molecular weight excluding hydrogens is 256 g/mol. The van der Waals surface area contributed by atoms with Crippen molar-refractivity contribution in [1.29, 1.82) is 0 Å². The van der Waals surface area contributed by atoms with Gasteiger partial charge in [0, 0.05) is 25.2 Å². The Balaban J connectivity index is 1.79. The van der Waals surface area contributed by atoms with E-state index >= 15 is 0 Å². The van der Waals surface area contributed by atoms with Crippen LogP contribution in [0.15, 0.2) is 0 Å². The molecule has 1 saturated carbocycles. The Bertz CT molecular complexity index is 341. The minimum atomic E-state index is -0.456. The Kier molecular flexibility index (Phi) is 4.91. The molecule has 1 amide bonds. The second kappa shape index (κ2) is 6.31. The van der Waals surface area contributed by atoms with E-state index in [1.807, 2.05) is 20.8 Å². The Labute approximate surface area is 121 Å². The predicted octanol–water partition coefficient (Wildman–Crippen LogP) is 1.89. The molecule has 2 fully saturated rings. The minimum absolute atomic E-state index is 0.138. The van der Waals surface area contributed by atoms with Gasteiger partial charge in [-0.3, -0.25) is 4.90 Å². The Hall–Kier alpha value is -0.810. The van der Waals surface area contributed by atoms with Crippen LogP contribution in [0.25, 0.3) is 0 Å². The summed E-state index contributed by atoms with van der Waals surface area (Å²) >= 11 is 0. The van der Waals surface area contributed by atoms with Gasteiger partial charge in [-0.1, -0.05) is 12.8 Å².